The fourth-order valence-corrected chi connectivity index (χ4v) is 0.714. The lowest BCUT2D eigenvalue weighted by Crippen LogP contribution is -1.99. The van der Waals surface area contributed by atoms with Gasteiger partial charge in [0.05, 0.1) is 5.66 Å². The van der Waals surface area contributed by atoms with E-state index in [0.717, 1.165) is 0 Å². The van der Waals surface area contributed by atoms with Crippen molar-refractivity contribution in [3.05, 3.63) is 0 Å². The summed E-state index contributed by atoms with van der Waals surface area (Å²) in [6.45, 7) is 3.30. The van der Waals surface area contributed by atoms with Gasteiger partial charge in [-0.1, -0.05) is 13.8 Å². The van der Waals surface area contributed by atoms with Crippen molar-refractivity contribution >= 4 is 19.9 Å². The third-order valence-corrected chi connectivity index (χ3v) is 2.68. The number of hydrogen-bond donors (Lipinski definition) is 6. The number of rotatable bonds is 2. The van der Waals surface area contributed by atoms with Gasteiger partial charge in [-0.25, -0.2) is 9.59 Å². The highest BCUT2D eigenvalue weighted by atomic mass is 31.2. The Hall–Kier alpha value is -1.31. The molecule has 0 aromatic carbocycles. The molecule has 0 aliphatic carbocycles. The highest BCUT2D eigenvalue weighted by molar-refractivity contribution is 7.52. The van der Waals surface area contributed by atoms with Crippen LogP contribution < -0.4 is 0 Å². The van der Waals surface area contributed by atoms with E-state index >= 15 is 0 Å². The zero-order chi connectivity index (χ0) is 13.9. The van der Waals surface area contributed by atoms with Crippen LogP contribution in [0.3, 0.4) is 0 Å². The first-order valence-corrected chi connectivity index (χ1v) is 5.52. The topological polar surface area (TPSA) is 173 Å². The Morgan fingerprint density at radius 2 is 1.25 bits per heavy atom. The molecule has 16 heavy (non-hydrogen) atoms. The van der Waals surface area contributed by atoms with Crippen molar-refractivity contribution in [3.63, 3.8) is 0 Å². The number of carbonyl (C=O) groups is 2. The third-order valence-electron chi connectivity index (χ3n) is 1.17. The van der Waals surface area contributed by atoms with Gasteiger partial charge in [0.25, 0.3) is 0 Å². The predicted molar refractivity (Wildman–Crippen MR) is 53.1 cm³/mol. The Labute approximate surface area is 91.1 Å². The fraction of sp³-hybridized carbons (Fsp3) is 0.667. The van der Waals surface area contributed by atoms with Crippen molar-refractivity contribution in [2.75, 3.05) is 0 Å². The molecule has 6 N–H and O–H groups in total. The molecule has 0 amide bonds. The first-order valence-electron chi connectivity index (χ1n) is 3.84. The van der Waals surface area contributed by atoms with Crippen LogP contribution in [0.1, 0.15) is 20.3 Å². The van der Waals surface area contributed by atoms with Crippen LogP contribution in [-0.4, -0.2) is 48.2 Å². The van der Waals surface area contributed by atoms with Crippen molar-refractivity contribution in [1.82, 2.24) is 0 Å². The quantitative estimate of drug-likeness (QED) is 0.402. The summed E-state index contributed by atoms with van der Waals surface area (Å²) in [6.07, 6.45) is -3.13. The van der Waals surface area contributed by atoms with Crippen molar-refractivity contribution in [2.24, 2.45) is 0 Å². The monoisotopic (exact) mass is 262 g/mol. The lowest BCUT2D eigenvalue weighted by atomic mass is 10.4. The minimum atomic E-state index is -3.76. The fourth-order valence-electron chi connectivity index (χ4n) is 0.238. The molecule has 98 valence electrons. The summed E-state index contributed by atoms with van der Waals surface area (Å²) >= 11 is 0. The molecular weight excluding hydrogens is 247 g/mol. The molecule has 1 unspecified atom stereocenters. The first kappa shape index (κ1) is 20.1. The van der Waals surface area contributed by atoms with Crippen LogP contribution in [0.5, 0.6) is 0 Å². The average molecular weight is 262 g/mol. The Morgan fingerprint density at radius 3 is 1.25 bits per heavy atom. The Kier molecular flexibility index (Phi) is 12.9. The van der Waals surface area contributed by atoms with Crippen molar-refractivity contribution in [2.45, 2.75) is 25.9 Å². The zero-order valence-electron chi connectivity index (χ0n) is 8.64. The predicted octanol–water partition coefficient (Wildman–Crippen LogP) is 1.41. The van der Waals surface area contributed by atoms with Gasteiger partial charge in [-0.05, 0) is 6.42 Å². The highest BCUT2D eigenvalue weighted by Gasteiger charge is 2.20. The molecule has 9 nitrogen and oxygen atoms in total. The van der Waals surface area contributed by atoms with E-state index in [1.807, 2.05) is 0 Å². The lowest BCUT2D eigenvalue weighted by molar-refractivity contribution is 0.135. The molecule has 0 fully saturated rings. The van der Waals surface area contributed by atoms with E-state index in [4.69, 9.17) is 39.8 Å². The molecular formula is C6H15O9P. The van der Waals surface area contributed by atoms with Crippen LogP contribution in [0.25, 0.3) is 0 Å². The molecule has 0 aromatic heterocycles. The summed E-state index contributed by atoms with van der Waals surface area (Å²) in [5, 5.41) is 27.9. The normalized spacial score (nSPS) is 11.0. The van der Waals surface area contributed by atoms with E-state index in [1.165, 1.54) is 0 Å². The van der Waals surface area contributed by atoms with Crippen molar-refractivity contribution in [1.29, 1.82) is 0 Å². The van der Waals surface area contributed by atoms with Gasteiger partial charge in [-0.3, -0.25) is 4.57 Å². The molecule has 0 rings (SSSR count). The van der Waals surface area contributed by atoms with Crippen LogP contribution in [0.2, 0.25) is 0 Å². The van der Waals surface area contributed by atoms with Gasteiger partial charge in [0.1, 0.15) is 0 Å². The van der Waals surface area contributed by atoms with E-state index in [0.29, 0.717) is 6.42 Å². The summed E-state index contributed by atoms with van der Waals surface area (Å²) in [5.41, 5.74) is -0.484. The molecule has 0 radical (unpaired) electrons. The lowest BCUT2D eigenvalue weighted by Gasteiger charge is -2.08. The SMILES string of the molecule is CCC(C)P(=O)(O)O.O=C(O)O.O=C(O)O. The third kappa shape index (κ3) is 38.7. The largest absolute Gasteiger partial charge is 0.503 e. The van der Waals surface area contributed by atoms with Gasteiger partial charge in [0.2, 0.25) is 0 Å². The van der Waals surface area contributed by atoms with E-state index in [-0.39, 0.29) is 0 Å². The maximum atomic E-state index is 10.3. The molecule has 0 aliphatic heterocycles. The van der Waals surface area contributed by atoms with Crippen LogP contribution >= 0.6 is 7.60 Å². The second-order valence-corrected chi connectivity index (χ2v) is 4.47. The van der Waals surface area contributed by atoms with Gasteiger partial charge in [-0.15, -0.1) is 0 Å². The number of carboxylic acid groups (broad SMARTS) is 4. The number of hydrogen-bond acceptors (Lipinski definition) is 3. The van der Waals surface area contributed by atoms with E-state index < -0.39 is 25.6 Å². The van der Waals surface area contributed by atoms with E-state index in [1.54, 1.807) is 13.8 Å². The molecule has 0 aliphatic rings. The van der Waals surface area contributed by atoms with Gasteiger partial charge >= 0.3 is 19.9 Å². The summed E-state index contributed by atoms with van der Waals surface area (Å²) in [7, 11) is -3.76. The summed E-state index contributed by atoms with van der Waals surface area (Å²) < 4.78 is 10.3. The molecule has 1 atom stereocenters. The minimum Gasteiger partial charge on any atom is -0.450 e. The van der Waals surface area contributed by atoms with Gasteiger partial charge in [0.15, 0.2) is 0 Å². The second kappa shape index (κ2) is 10.2. The Bertz CT molecular complexity index is 224. The Morgan fingerprint density at radius 1 is 1.06 bits per heavy atom. The molecule has 0 saturated heterocycles. The maximum Gasteiger partial charge on any atom is 0.503 e. The molecule has 0 saturated carbocycles. The maximum absolute atomic E-state index is 10.3. The molecule has 10 heteroatoms. The van der Waals surface area contributed by atoms with Gasteiger partial charge < -0.3 is 30.2 Å². The van der Waals surface area contributed by atoms with Crippen LogP contribution in [0.4, 0.5) is 9.59 Å². The molecule has 0 bridgehead atoms. The van der Waals surface area contributed by atoms with Gasteiger partial charge in [0, 0.05) is 0 Å². The first-order chi connectivity index (χ1) is 6.95. The summed E-state index contributed by atoms with van der Waals surface area (Å²) in [4.78, 5) is 33.9. The van der Waals surface area contributed by atoms with Crippen molar-refractivity contribution in [3.8, 4) is 0 Å². The smallest absolute Gasteiger partial charge is 0.450 e. The standard InChI is InChI=1S/C4H11O3P.2CH2O3/c1-3-4(2)8(5,6)7;2*2-1(3)4/h4H,3H2,1-2H3,(H2,5,6,7);2*(H2,2,3,4). The second-order valence-electron chi connectivity index (χ2n) is 2.41. The molecule has 0 heterocycles. The summed E-state index contributed by atoms with van der Waals surface area (Å²) in [6, 6.07) is 0. The van der Waals surface area contributed by atoms with E-state index in [9.17, 15) is 4.57 Å². The van der Waals surface area contributed by atoms with Crippen LogP contribution in [0.15, 0.2) is 0 Å². The summed E-state index contributed by atoms with van der Waals surface area (Å²) in [5.74, 6) is 0. The van der Waals surface area contributed by atoms with Crippen LogP contribution in [0, 0.1) is 0 Å². The van der Waals surface area contributed by atoms with Crippen LogP contribution in [-0.2, 0) is 4.57 Å². The average Bonchev–Trinajstić information content (AvgIpc) is 1.98. The van der Waals surface area contributed by atoms with Gasteiger partial charge in [-0.2, -0.15) is 0 Å². The highest BCUT2D eigenvalue weighted by Crippen LogP contribution is 2.42. The van der Waals surface area contributed by atoms with Crippen molar-refractivity contribution < 1.29 is 44.4 Å². The molecule has 0 aromatic rings. The molecule has 0 spiro atoms. The minimum absolute atomic E-state index is 0.484. The Balaban J connectivity index is -0.000000179. The zero-order valence-corrected chi connectivity index (χ0v) is 9.53. The van der Waals surface area contributed by atoms with E-state index in [2.05, 4.69) is 0 Å².